The van der Waals surface area contributed by atoms with Crippen LogP contribution in [0.5, 0.6) is 17.4 Å². The van der Waals surface area contributed by atoms with E-state index in [9.17, 15) is 5.11 Å². The van der Waals surface area contributed by atoms with Crippen LogP contribution in [0.25, 0.3) is 22.0 Å². The second-order valence-electron chi connectivity index (χ2n) is 15.8. The fourth-order valence-electron chi connectivity index (χ4n) is 8.60. The topological polar surface area (TPSA) is 63.9 Å². The number of aromatic nitrogens is 1. The first-order valence-electron chi connectivity index (χ1n) is 16.9. The molecular weight excluding hydrogens is 592 g/mol. The molecule has 0 unspecified atom stereocenters. The molecule has 2 aliphatic rings. The first-order valence-corrected chi connectivity index (χ1v) is 16.9. The molecule has 2 heterocycles. The van der Waals surface area contributed by atoms with Gasteiger partial charge in [-0.05, 0) is 110 Å². The van der Waals surface area contributed by atoms with E-state index in [2.05, 4.69) is 111 Å². The summed E-state index contributed by atoms with van der Waals surface area (Å²) in [4.78, 5) is 10.3. The van der Waals surface area contributed by atoms with E-state index in [0.717, 1.165) is 34.1 Å². The summed E-state index contributed by atoms with van der Waals surface area (Å²) in [6.45, 7) is 22.1. The van der Waals surface area contributed by atoms with Gasteiger partial charge in [0.05, 0.1) is 0 Å². The van der Waals surface area contributed by atoms with Gasteiger partial charge < -0.3 is 14.6 Å². The summed E-state index contributed by atoms with van der Waals surface area (Å²) in [6.07, 6.45) is 0.767. The van der Waals surface area contributed by atoms with Crippen LogP contribution < -0.4 is 4.74 Å². The minimum Gasteiger partial charge on any atom is -0.506 e. The van der Waals surface area contributed by atoms with Gasteiger partial charge in [-0.3, -0.25) is 0 Å². The Balaban J connectivity index is 1.41. The number of benzene rings is 4. The molecule has 1 N–H and O–H groups in total. The minimum atomic E-state index is -0.588. The second-order valence-corrected chi connectivity index (χ2v) is 15.8. The molecule has 0 spiro atoms. The van der Waals surface area contributed by atoms with Crippen molar-refractivity contribution in [1.82, 2.24) is 4.98 Å². The van der Waals surface area contributed by atoms with Gasteiger partial charge in [-0.25, -0.2) is 9.98 Å². The third-order valence-electron chi connectivity index (χ3n) is 11.2. The minimum absolute atomic E-state index is 0.136. The highest BCUT2D eigenvalue weighted by molar-refractivity contribution is 5.98. The van der Waals surface area contributed by atoms with Gasteiger partial charge in [-0.2, -0.15) is 0 Å². The van der Waals surface area contributed by atoms with E-state index in [1.807, 2.05) is 31.2 Å². The molecule has 1 aliphatic heterocycles. The van der Waals surface area contributed by atoms with Crippen molar-refractivity contribution in [2.45, 2.75) is 92.2 Å². The Bertz CT molecular complexity index is 2130. The Morgan fingerprint density at radius 1 is 0.792 bits per heavy atom. The molecule has 48 heavy (non-hydrogen) atoms. The molecule has 4 aromatic carbocycles. The Morgan fingerprint density at radius 3 is 2.17 bits per heavy atom. The first-order chi connectivity index (χ1) is 22.5. The van der Waals surface area contributed by atoms with Gasteiger partial charge in [0, 0.05) is 34.3 Å². The summed E-state index contributed by atoms with van der Waals surface area (Å²) in [7, 11) is 0. The number of hydrogen-bond acceptors (Lipinski definition) is 5. The summed E-state index contributed by atoms with van der Waals surface area (Å²) in [5.41, 5.74) is 9.11. The van der Waals surface area contributed by atoms with Crippen molar-refractivity contribution >= 4 is 16.8 Å². The molecule has 0 saturated carbocycles. The molecule has 0 amide bonds. The normalized spacial score (nSPS) is 21.3. The number of ether oxygens (including phenoxy) is 2. The molecule has 2 atom stereocenters. The fourth-order valence-corrected chi connectivity index (χ4v) is 8.60. The van der Waals surface area contributed by atoms with Gasteiger partial charge in [-0.15, -0.1) is 0 Å². The zero-order chi connectivity index (χ0) is 34.4. The smallest absolute Gasteiger partial charge is 0.219 e. The van der Waals surface area contributed by atoms with Gasteiger partial charge in [0.15, 0.2) is 0 Å². The van der Waals surface area contributed by atoms with E-state index in [4.69, 9.17) is 19.5 Å². The molecule has 5 nitrogen and oxygen atoms in total. The lowest BCUT2D eigenvalue weighted by molar-refractivity contribution is -0.104. The number of aromatic hydroxyl groups is 1. The third-order valence-corrected chi connectivity index (χ3v) is 11.2. The lowest BCUT2D eigenvalue weighted by Gasteiger charge is -2.58. The van der Waals surface area contributed by atoms with Crippen molar-refractivity contribution in [3.63, 3.8) is 0 Å². The number of aryl methyl sites for hydroxylation is 4. The summed E-state index contributed by atoms with van der Waals surface area (Å²) in [5, 5.41) is 11.5. The Kier molecular flexibility index (Phi) is 7.11. The van der Waals surface area contributed by atoms with Crippen molar-refractivity contribution in [1.29, 1.82) is 0 Å². The molecule has 1 aromatic heterocycles. The third kappa shape index (κ3) is 4.73. The lowest BCUT2D eigenvalue weighted by Crippen LogP contribution is -2.68. The molecule has 246 valence electrons. The maximum Gasteiger partial charge on any atom is 0.219 e. The summed E-state index contributed by atoms with van der Waals surface area (Å²) < 4.78 is 13.8. The maximum atomic E-state index is 10.7. The van der Waals surface area contributed by atoms with E-state index >= 15 is 0 Å². The highest BCUT2D eigenvalue weighted by Crippen LogP contribution is 2.61. The monoisotopic (exact) mass is 638 g/mol. The SMILES string of the molecule is Cc1cc(C)c(-c2cc(Oc3ccc4cc(C)cc(O)c4n3)cc(C3=N[C@@]4(C)C(C)(C)c5ccccc5C[C@@]4(C(C)(C)C)O3)c2)c(C)c1. The van der Waals surface area contributed by atoms with Crippen molar-refractivity contribution in [3.8, 4) is 28.5 Å². The Morgan fingerprint density at radius 2 is 1.46 bits per heavy atom. The highest BCUT2D eigenvalue weighted by Gasteiger charge is 2.69. The number of phenols is 1. The van der Waals surface area contributed by atoms with Gasteiger partial charge in [0.25, 0.3) is 0 Å². The van der Waals surface area contributed by atoms with Crippen LogP contribution in [0.3, 0.4) is 0 Å². The van der Waals surface area contributed by atoms with Gasteiger partial charge >= 0.3 is 0 Å². The van der Waals surface area contributed by atoms with Crippen LogP contribution in [0, 0.1) is 33.1 Å². The van der Waals surface area contributed by atoms with E-state index in [1.54, 1.807) is 6.07 Å². The largest absolute Gasteiger partial charge is 0.506 e. The van der Waals surface area contributed by atoms with Crippen LogP contribution in [-0.4, -0.2) is 27.1 Å². The summed E-state index contributed by atoms with van der Waals surface area (Å²) >= 11 is 0. The van der Waals surface area contributed by atoms with Crippen LogP contribution in [0.15, 0.2) is 83.9 Å². The molecule has 5 aromatic rings. The number of aliphatic imine (C=N–C) groups is 1. The average Bonchev–Trinajstić information content (AvgIpc) is 3.32. The molecular formula is C43H46N2O3. The zero-order valence-corrected chi connectivity index (χ0v) is 29.9. The van der Waals surface area contributed by atoms with Gasteiger partial charge in [-0.1, -0.05) is 76.6 Å². The van der Waals surface area contributed by atoms with E-state index in [0.29, 0.717) is 23.0 Å². The van der Waals surface area contributed by atoms with E-state index in [-0.39, 0.29) is 16.6 Å². The number of hydrogen-bond donors (Lipinski definition) is 1. The number of rotatable bonds is 4. The standard InChI is InChI=1S/C43H46N2O3/c1-25-17-27(3)37(28(4)18-25)31-21-32(23-33(22-31)47-36-16-15-29-19-26(2)20-35(46)38(29)44-36)39-45-42(10)41(8,9)34-14-12-11-13-30(34)24-43(42,48-39)40(5,6)7/h11-23,46H,24H2,1-10H3/t42-,43-/m0/s1. The molecule has 1 aliphatic carbocycles. The Hall–Kier alpha value is -4.64. The van der Waals surface area contributed by atoms with Crippen LogP contribution >= 0.6 is 0 Å². The van der Waals surface area contributed by atoms with Crippen LogP contribution in [0.2, 0.25) is 0 Å². The summed E-state index contributed by atoms with van der Waals surface area (Å²) in [5.74, 6) is 1.79. The quantitative estimate of drug-likeness (QED) is 0.213. The molecule has 0 bridgehead atoms. The van der Waals surface area contributed by atoms with Crippen LogP contribution in [-0.2, 0) is 16.6 Å². The highest BCUT2D eigenvalue weighted by atomic mass is 16.5. The predicted molar refractivity (Wildman–Crippen MR) is 196 cm³/mol. The molecule has 0 saturated heterocycles. The van der Waals surface area contributed by atoms with Crippen molar-refractivity contribution in [2.24, 2.45) is 10.4 Å². The first kappa shape index (κ1) is 31.9. The maximum absolute atomic E-state index is 10.7. The second kappa shape index (κ2) is 10.7. The van der Waals surface area contributed by atoms with Crippen LogP contribution in [0.4, 0.5) is 0 Å². The number of phenolic OH excluding ortho intramolecular Hbond substituents is 1. The molecule has 0 radical (unpaired) electrons. The van der Waals surface area contributed by atoms with Crippen LogP contribution in [0.1, 0.15) is 80.5 Å². The number of fused-ring (bicyclic) bond motifs is 3. The number of pyridine rings is 1. The van der Waals surface area contributed by atoms with Gasteiger partial charge in [0.2, 0.25) is 11.8 Å². The predicted octanol–water partition coefficient (Wildman–Crippen LogP) is 10.5. The van der Waals surface area contributed by atoms with Crippen molar-refractivity contribution < 1.29 is 14.6 Å². The van der Waals surface area contributed by atoms with E-state index < -0.39 is 11.1 Å². The van der Waals surface area contributed by atoms with E-state index in [1.165, 1.54) is 27.8 Å². The fraction of sp³-hybridized carbons (Fsp3) is 0.349. The number of nitrogens with zero attached hydrogens (tertiary/aromatic N) is 2. The van der Waals surface area contributed by atoms with Crippen molar-refractivity contribution in [2.75, 3.05) is 0 Å². The zero-order valence-electron chi connectivity index (χ0n) is 29.9. The molecule has 0 fully saturated rings. The lowest BCUT2D eigenvalue weighted by atomic mass is 9.49. The van der Waals surface area contributed by atoms with Gasteiger partial charge in [0.1, 0.15) is 28.2 Å². The Labute approximate surface area is 284 Å². The average molecular weight is 639 g/mol. The summed E-state index contributed by atoms with van der Waals surface area (Å²) in [6, 6.07) is 27.0. The molecule has 7 rings (SSSR count). The van der Waals surface area contributed by atoms with Crippen molar-refractivity contribution in [3.05, 3.63) is 118 Å². The molecule has 5 heteroatoms.